The molecule has 1 unspecified atom stereocenters. The third-order valence-electron chi connectivity index (χ3n) is 3.78. The standard InChI is InChI=1S/C15H17N.ClH/c1-10-5-4-6-11-9-14(16)12-7-2-3-8-13(12)15(10)11;/h2-3,7-10H,4-6,16H2,1H3;1H. The number of fused-ring (bicyclic) bond motifs is 3. The highest BCUT2D eigenvalue weighted by Gasteiger charge is 2.19. The van der Waals surface area contributed by atoms with Crippen molar-refractivity contribution in [1.29, 1.82) is 0 Å². The van der Waals surface area contributed by atoms with Crippen molar-refractivity contribution in [2.24, 2.45) is 0 Å². The van der Waals surface area contributed by atoms with E-state index in [-0.39, 0.29) is 12.4 Å². The van der Waals surface area contributed by atoms with Crippen molar-refractivity contribution >= 4 is 28.9 Å². The second-order valence-corrected chi connectivity index (χ2v) is 4.88. The highest BCUT2D eigenvalue weighted by molar-refractivity contribution is 5.96. The molecular weight excluding hydrogens is 230 g/mol. The molecule has 1 aliphatic rings. The van der Waals surface area contributed by atoms with Crippen LogP contribution in [0.5, 0.6) is 0 Å². The van der Waals surface area contributed by atoms with Crippen molar-refractivity contribution in [3.63, 3.8) is 0 Å². The summed E-state index contributed by atoms with van der Waals surface area (Å²) < 4.78 is 0. The van der Waals surface area contributed by atoms with Crippen molar-refractivity contribution in [2.45, 2.75) is 32.1 Å². The van der Waals surface area contributed by atoms with Crippen LogP contribution < -0.4 is 5.73 Å². The molecule has 1 aliphatic carbocycles. The summed E-state index contributed by atoms with van der Waals surface area (Å²) in [5.74, 6) is 0.675. The van der Waals surface area contributed by atoms with Crippen LogP contribution in [0.4, 0.5) is 5.69 Å². The van der Waals surface area contributed by atoms with Crippen LogP contribution in [-0.2, 0) is 6.42 Å². The molecule has 0 heterocycles. The molecule has 0 aliphatic heterocycles. The first-order valence-corrected chi connectivity index (χ1v) is 6.07. The molecule has 0 saturated heterocycles. The SMILES string of the molecule is CC1CCCc2cc(N)c3ccccc3c21.Cl. The zero-order chi connectivity index (χ0) is 11.1. The molecule has 3 rings (SSSR count). The minimum absolute atomic E-state index is 0. The number of rotatable bonds is 0. The van der Waals surface area contributed by atoms with Crippen LogP contribution in [0.15, 0.2) is 30.3 Å². The molecule has 0 aromatic heterocycles. The molecule has 0 fully saturated rings. The van der Waals surface area contributed by atoms with E-state index in [4.69, 9.17) is 5.73 Å². The van der Waals surface area contributed by atoms with Gasteiger partial charge in [-0.05, 0) is 47.8 Å². The Morgan fingerprint density at radius 2 is 1.88 bits per heavy atom. The van der Waals surface area contributed by atoms with Gasteiger partial charge >= 0.3 is 0 Å². The number of hydrogen-bond donors (Lipinski definition) is 1. The Hall–Kier alpha value is -1.21. The number of halogens is 1. The third-order valence-corrected chi connectivity index (χ3v) is 3.78. The topological polar surface area (TPSA) is 26.0 Å². The summed E-state index contributed by atoms with van der Waals surface area (Å²) in [6.07, 6.45) is 3.79. The van der Waals surface area contributed by atoms with Crippen molar-refractivity contribution < 1.29 is 0 Å². The molecule has 17 heavy (non-hydrogen) atoms. The van der Waals surface area contributed by atoms with E-state index in [2.05, 4.69) is 37.3 Å². The first kappa shape index (κ1) is 12.3. The van der Waals surface area contributed by atoms with Gasteiger partial charge in [0.25, 0.3) is 0 Å². The van der Waals surface area contributed by atoms with Gasteiger partial charge in [-0.25, -0.2) is 0 Å². The van der Waals surface area contributed by atoms with E-state index in [0.717, 1.165) is 5.69 Å². The minimum Gasteiger partial charge on any atom is -0.398 e. The fourth-order valence-corrected chi connectivity index (χ4v) is 3.02. The van der Waals surface area contributed by atoms with Crippen molar-refractivity contribution in [2.75, 3.05) is 5.73 Å². The average molecular weight is 248 g/mol. The second-order valence-electron chi connectivity index (χ2n) is 4.88. The van der Waals surface area contributed by atoms with Gasteiger partial charge in [-0.15, -0.1) is 12.4 Å². The van der Waals surface area contributed by atoms with Crippen LogP contribution in [0.25, 0.3) is 10.8 Å². The fourth-order valence-electron chi connectivity index (χ4n) is 3.02. The van der Waals surface area contributed by atoms with E-state index in [0.29, 0.717) is 5.92 Å². The van der Waals surface area contributed by atoms with Crippen LogP contribution in [0.2, 0.25) is 0 Å². The van der Waals surface area contributed by atoms with Crippen LogP contribution in [-0.4, -0.2) is 0 Å². The number of aryl methyl sites for hydroxylation is 1. The smallest absolute Gasteiger partial charge is 0.0396 e. The van der Waals surface area contributed by atoms with Gasteiger partial charge < -0.3 is 5.73 Å². The maximum Gasteiger partial charge on any atom is 0.0396 e. The largest absolute Gasteiger partial charge is 0.398 e. The van der Waals surface area contributed by atoms with Gasteiger partial charge in [0, 0.05) is 11.1 Å². The molecule has 0 bridgehead atoms. The predicted octanol–water partition coefficient (Wildman–Crippen LogP) is 4.28. The van der Waals surface area contributed by atoms with Crippen LogP contribution in [0.1, 0.15) is 36.8 Å². The van der Waals surface area contributed by atoms with Gasteiger partial charge in [0.05, 0.1) is 0 Å². The maximum atomic E-state index is 6.13. The second kappa shape index (κ2) is 4.58. The molecular formula is C15H18ClN. The summed E-state index contributed by atoms with van der Waals surface area (Å²) in [7, 11) is 0. The molecule has 1 atom stereocenters. The zero-order valence-corrected chi connectivity index (χ0v) is 10.9. The number of anilines is 1. The van der Waals surface area contributed by atoms with E-state index in [1.165, 1.54) is 41.2 Å². The minimum atomic E-state index is 0. The summed E-state index contributed by atoms with van der Waals surface area (Å²) in [5, 5.41) is 2.58. The normalized spacial score (nSPS) is 18.5. The lowest BCUT2D eigenvalue weighted by Crippen LogP contribution is -2.08. The summed E-state index contributed by atoms with van der Waals surface area (Å²) in [6.45, 7) is 2.33. The molecule has 2 heteroatoms. The molecule has 0 radical (unpaired) electrons. The van der Waals surface area contributed by atoms with Gasteiger partial charge in [0.2, 0.25) is 0 Å². The van der Waals surface area contributed by atoms with E-state index in [1.807, 2.05) is 0 Å². The number of nitrogens with two attached hydrogens (primary N) is 1. The number of benzene rings is 2. The van der Waals surface area contributed by atoms with Crippen LogP contribution in [0, 0.1) is 0 Å². The molecule has 2 aromatic rings. The van der Waals surface area contributed by atoms with Crippen LogP contribution in [0.3, 0.4) is 0 Å². The summed E-state index contributed by atoms with van der Waals surface area (Å²) in [5.41, 5.74) is 10.1. The Balaban J connectivity index is 0.00000108. The van der Waals surface area contributed by atoms with Gasteiger partial charge in [-0.3, -0.25) is 0 Å². The number of hydrogen-bond acceptors (Lipinski definition) is 1. The quantitative estimate of drug-likeness (QED) is 0.691. The Bertz CT molecular complexity index is 548. The Morgan fingerprint density at radius 3 is 2.65 bits per heavy atom. The van der Waals surface area contributed by atoms with Crippen molar-refractivity contribution in [3.05, 3.63) is 41.5 Å². The molecule has 1 nitrogen and oxygen atoms in total. The first-order valence-electron chi connectivity index (χ1n) is 6.07. The monoisotopic (exact) mass is 247 g/mol. The van der Waals surface area contributed by atoms with Crippen LogP contribution >= 0.6 is 12.4 Å². The molecule has 2 aromatic carbocycles. The third kappa shape index (κ3) is 1.89. The first-order chi connectivity index (χ1) is 7.77. The molecule has 90 valence electrons. The molecule has 2 N–H and O–H groups in total. The van der Waals surface area contributed by atoms with E-state index in [1.54, 1.807) is 0 Å². The number of nitrogen functional groups attached to an aromatic ring is 1. The molecule has 0 amide bonds. The van der Waals surface area contributed by atoms with E-state index < -0.39 is 0 Å². The lowest BCUT2D eigenvalue weighted by molar-refractivity contribution is 0.595. The maximum absolute atomic E-state index is 6.13. The highest BCUT2D eigenvalue weighted by Crippen LogP contribution is 2.38. The summed E-state index contributed by atoms with van der Waals surface area (Å²) in [6, 6.07) is 10.7. The van der Waals surface area contributed by atoms with Gasteiger partial charge in [-0.2, -0.15) is 0 Å². The fraction of sp³-hybridized carbons (Fsp3) is 0.333. The average Bonchev–Trinajstić information content (AvgIpc) is 2.29. The zero-order valence-electron chi connectivity index (χ0n) is 10.1. The summed E-state index contributed by atoms with van der Waals surface area (Å²) >= 11 is 0. The Labute approximate surface area is 108 Å². The highest BCUT2D eigenvalue weighted by atomic mass is 35.5. The Morgan fingerprint density at radius 1 is 1.18 bits per heavy atom. The molecule has 0 saturated carbocycles. The predicted molar refractivity (Wildman–Crippen MR) is 77.0 cm³/mol. The van der Waals surface area contributed by atoms with Crippen molar-refractivity contribution in [1.82, 2.24) is 0 Å². The van der Waals surface area contributed by atoms with E-state index in [9.17, 15) is 0 Å². The van der Waals surface area contributed by atoms with Gasteiger partial charge in [0.1, 0.15) is 0 Å². The molecule has 0 spiro atoms. The van der Waals surface area contributed by atoms with Gasteiger partial charge in [-0.1, -0.05) is 31.2 Å². The van der Waals surface area contributed by atoms with E-state index >= 15 is 0 Å². The lowest BCUT2D eigenvalue weighted by Gasteiger charge is -2.25. The lowest BCUT2D eigenvalue weighted by atomic mass is 9.80. The van der Waals surface area contributed by atoms with Crippen molar-refractivity contribution in [3.8, 4) is 0 Å². The Kier molecular flexibility index (Phi) is 3.30. The van der Waals surface area contributed by atoms with Gasteiger partial charge in [0.15, 0.2) is 0 Å². The summed E-state index contributed by atoms with van der Waals surface area (Å²) in [4.78, 5) is 0.